The minimum atomic E-state index is -0.577. The Labute approximate surface area is 63.9 Å². The SMILES string of the molecule is C[C@H](N)C(=O)N1C=NC(=O)C1. The first-order chi connectivity index (χ1) is 5.11. The molecule has 0 aromatic heterocycles. The largest absolute Gasteiger partial charge is 0.320 e. The molecule has 0 fully saturated rings. The lowest BCUT2D eigenvalue weighted by atomic mass is 10.3. The van der Waals surface area contributed by atoms with Crippen LogP contribution in [-0.4, -0.2) is 35.6 Å². The second-order valence-corrected chi connectivity index (χ2v) is 2.39. The highest BCUT2D eigenvalue weighted by Gasteiger charge is 2.22. The molecule has 11 heavy (non-hydrogen) atoms. The fourth-order valence-corrected chi connectivity index (χ4v) is 0.758. The maximum Gasteiger partial charge on any atom is 0.267 e. The fraction of sp³-hybridized carbons (Fsp3) is 0.500. The summed E-state index contributed by atoms with van der Waals surface area (Å²) in [5, 5.41) is 0. The van der Waals surface area contributed by atoms with E-state index in [2.05, 4.69) is 4.99 Å². The van der Waals surface area contributed by atoms with E-state index in [0.717, 1.165) is 0 Å². The Morgan fingerprint density at radius 1 is 1.91 bits per heavy atom. The van der Waals surface area contributed by atoms with Gasteiger partial charge in [0.05, 0.1) is 6.04 Å². The maximum atomic E-state index is 11.0. The molecule has 5 nitrogen and oxygen atoms in total. The molecule has 0 spiro atoms. The lowest BCUT2D eigenvalue weighted by Crippen LogP contribution is -2.40. The Hall–Kier alpha value is -1.23. The Morgan fingerprint density at radius 3 is 2.91 bits per heavy atom. The number of nitrogens with two attached hydrogens (primary N) is 1. The molecule has 0 saturated carbocycles. The van der Waals surface area contributed by atoms with Gasteiger partial charge in [0, 0.05) is 0 Å². The molecular weight excluding hydrogens is 146 g/mol. The quantitative estimate of drug-likeness (QED) is 0.513. The van der Waals surface area contributed by atoms with Crippen molar-refractivity contribution < 1.29 is 9.59 Å². The summed E-state index contributed by atoms with van der Waals surface area (Å²) in [6.07, 6.45) is 1.22. The monoisotopic (exact) mass is 155 g/mol. The molecule has 60 valence electrons. The Bertz CT molecular complexity index is 222. The van der Waals surface area contributed by atoms with Crippen LogP contribution < -0.4 is 5.73 Å². The van der Waals surface area contributed by atoms with Gasteiger partial charge in [-0.3, -0.25) is 14.5 Å². The van der Waals surface area contributed by atoms with E-state index in [1.54, 1.807) is 6.92 Å². The minimum absolute atomic E-state index is 0.0281. The third-order valence-electron chi connectivity index (χ3n) is 1.32. The first kappa shape index (κ1) is 7.87. The first-order valence-electron chi connectivity index (χ1n) is 3.24. The van der Waals surface area contributed by atoms with Crippen LogP contribution in [0.3, 0.4) is 0 Å². The molecule has 1 atom stereocenters. The summed E-state index contributed by atoms with van der Waals surface area (Å²) < 4.78 is 0. The van der Waals surface area contributed by atoms with Gasteiger partial charge >= 0.3 is 0 Å². The van der Waals surface area contributed by atoms with Crippen LogP contribution >= 0.6 is 0 Å². The van der Waals surface area contributed by atoms with E-state index in [9.17, 15) is 9.59 Å². The van der Waals surface area contributed by atoms with E-state index in [-0.39, 0.29) is 18.4 Å². The van der Waals surface area contributed by atoms with Crippen LogP contribution in [0.5, 0.6) is 0 Å². The van der Waals surface area contributed by atoms with E-state index in [1.807, 2.05) is 0 Å². The normalized spacial score (nSPS) is 19.1. The topological polar surface area (TPSA) is 75.8 Å². The average molecular weight is 155 g/mol. The van der Waals surface area contributed by atoms with Gasteiger partial charge in [-0.15, -0.1) is 0 Å². The molecule has 2 N–H and O–H groups in total. The molecule has 0 bridgehead atoms. The van der Waals surface area contributed by atoms with E-state index < -0.39 is 6.04 Å². The van der Waals surface area contributed by atoms with Crippen molar-refractivity contribution in [1.82, 2.24) is 4.90 Å². The number of hydrogen-bond acceptors (Lipinski definition) is 3. The van der Waals surface area contributed by atoms with Gasteiger partial charge < -0.3 is 5.73 Å². The second-order valence-electron chi connectivity index (χ2n) is 2.39. The van der Waals surface area contributed by atoms with Crippen LogP contribution in [-0.2, 0) is 9.59 Å². The summed E-state index contributed by atoms with van der Waals surface area (Å²) in [6.45, 7) is 1.60. The zero-order valence-electron chi connectivity index (χ0n) is 6.15. The predicted octanol–water partition coefficient (Wildman–Crippen LogP) is -1.27. The number of rotatable bonds is 1. The number of nitrogens with zero attached hydrogens (tertiary/aromatic N) is 2. The van der Waals surface area contributed by atoms with Gasteiger partial charge in [-0.25, -0.2) is 4.99 Å². The van der Waals surface area contributed by atoms with E-state index in [4.69, 9.17) is 5.73 Å². The first-order valence-corrected chi connectivity index (χ1v) is 3.24. The number of amides is 2. The summed E-state index contributed by atoms with van der Waals surface area (Å²) in [7, 11) is 0. The lowest BCUT2D eigenvalue weighted by Gasteiger charge is -2.12. The molecule has 0 radical (unpaired) electrons. The van der Waals surface area contributed by atoms with Crippen molar-refractivity contribution in [3.05, 3.63) is 0 Å². The highest BCUT2D eigenvalue weighted by Crippen LogP contribution is 1.97. The maximum absolute atomic E-state index is 11.0. The van der Waals surface area contributed by atoms with Gasteiger partial charge in [-0.2, -0.15) is 0 Å². The molecule has 0 aromatic carbocycles. The number of carbonyl (C=O) groups is 2. The van der Waals surface area contributed by atoms with Crippen LogP contribution in [0.25, 0.3) is 0 Å². The number of hydrogen-bond donors (Lipinski definition) is 1. The van der Waals surface area contributed by atoms with E-state index in [0.29, 0.717) is 0 Å². The van der Waals surface area contributed by atoms with Crippen molar-refractivity contribution in [2.24, 2.45) is 10.7 Å². The highest BCUT2D eigenvalue weighted by atomic mass is 16.2. The van der Waals surface area contributed by atoms with Gasteiger partial charge in [0.15, 0.2) is 0 Å². The summed E-state index contributed by atoms with van der Waals surface area (Å²) in [4.78, 5) is 26.2. The van der Waals surface area contributed by atoms with Crippen LogP contribution in [0.4, 0.5) is 0 Å². The molecule has 1 heterocycles. The molecule has 1 rings (SSSR count). The smallest absolute Gasteiger partial charge is 0.267 e. The Kier molecular flexibility index (Phi) is 2.00. The van der Waals surface area contributed by atoms with Gasteiger partial charge in [0.25, 0.3) is 5.91 Å². The molecule has 1 aliphatic heterocycles. The van der Waals surface area contributed by atoms with Crippen molar-refractivity contribution in [3.8, 4) is 0 Å². The highest BCUT2D eigenvalue weighted by molar-refractivity contribution is 6.02. The second kappa shape index (κ2) is 2.79. The molecule has 5 heteroatoms. The van der Waals surface area contributed by atoms with E-state index >= 15 is 0 Å². The van der Waals surface area contributed by atoms with Crippen molar-refractivity contribution >= 4 is 18.2 Å². The van der Waals surface area contributed by atoms with Gasteiger partial charge in [0.1, 0.15) is 12.9 Å². The summed E-state index contributed by atoms with van der Waals surface area (Å²) in [6, 6.07) is -0.577. The Balaban J connectivity index is 2.58. The van der Waals surface area contributed by atoms with Crippen LogP contribution in [0, 0.1) is 0 Å². The zero-order chi connectivity index (χ0) is 8.43. The zero-order valence-corrected chi connectivity index (χ0v) is 6.15. The van der Waals surface area contributed by atoms with Crippen molar-refractivity contribution in [1.29, 1.82) is 0 Å². The van der Waals surface area contributed by atoms with Crippen LogP contribution in [0.15, 0.2) is 4.99 Å². The fourth-order valence-electron chi connectivity index (χ4n) is 0.758. The minimum Gasteiger partial charge on any atom is -0.320 e. The number of aliphatic imine (C=N–C) groups is 1. The molecular formula is C6H9N3O2. The molecule has 2 amide bonds. The van der Waals surface area contributed by atoms with Crippen molar-refractivity contribution in [3.63, 3.8) is 0 Å². The third-order valence-corrected chi connectivity index (χ3v) is 1.32. The standard InChI is InChI=1S/C6H9N3O2/c1-4(7)6(11)9-2-5(10)8-3-9/h3-4H,2,7H2,1H3/t4-/m0/s1. The molecule has 0 aromatic rings. The van der Waals surface area contributed by atoms with Gasteiger partial charge in [0.2, 0.25) is 5.91 Å². The molecule has 0 unspecified atom stereocenters. The van der Waals surface area contributed by atoms with E-state index in [1.165, 1.54) is 11.2 Å². The van der Waals surface area contributed by atoms with Crippen LogP contribution in [0.1, 0.15) is 6.92 Å². The molecule has 0 aliphatic carbocycles. The Morgan fingerprint density at radius 2 is 2.55 bits per heavy atom. The average Bonchev–Trinajstić information content (AvgIpc) is 2.34. The molecule has 1 aliphatic rings. The van der Waals surface area contributed by atoms with Crippen molar-refractivity contribution in [2.75, 3.05) is 6.54 Å². The summed E-state index contributed by atoms with van der Waals surface area (Å²) >= 11 is 0. The summed E-state index contributed by atoms with van der Waals surface area (Å²) in [5.41, 5.74) is 5.30. The van der Waals surface area contributed by atoms with Gasteiger partial charge in [-0.05, 0) is 6.92 Å². The van der Waals surface area contributed by atoms with Crippen LogP contribution in [0.2, 0.25) is 0 Å². The summed E-state index contributed by atoms with van der Waals surface area (Å²) in [5.74, 6) is -0.585. The molecule has 0 saturated heterocycles. The van der Waals surface area contributed by atoms with Gasteiger partial charge in [-0.1, -0.05) is 0 Å². The lowest BCUT2D eigenvalue weighted by molar-refractivity contribution is -0.130. The van der Waals surface area contributed by atoms with Crippen molar-refractivity contribution in [2.45, 2.75) is 13.0 Å². The predicted molar refractivity (Wildman–Crippen MR) is 38.9 cm³/mol. The number of carbonyl (C=O) groups excluding carboxylic acids is 2. The third kappa shape index (κ3) is 1.62.